The largest absolute Gasteiger partial charge is 0.491 e. The van der Waals surface area contributed by atoms with Crippen LogP contribution in [-0.4, -0.2) is 82.4 Å². The zero-order valence-electron chi connectivity index (χ0n) is 22.7. The number of benzene rings is 2. The molecule has 1 aliphatic heterocycles. The van der Waals surface area contributed by atoms with E-state index in [9.17, 15) is 18.7 Å². The third-order valence-corrected chi connectivity index (χ3v) is 6.77. The van der Waals surface area contributed by atoms with Gasteiger partial charge in [0, 0.05) is 44.8 Å². The van der Waals surface area contributed by atoms with Crippen LogP contribution in [-0.2, 0) is 17.6 Å². The number of ketones is 1. The van der Waals surface area contributed by atoms with Crippen LogP contribution in [0.3, 0.4) is 0 Å². The molecule has 1 aliphatic rings. The number of halogens is 2. The van der Waals surface area contributed by atoms with Crippen molar-refractivity contribution in [3.05, 3.63) is 77.6 Å². The van der Waals surface area contributed by atoms with Crippen molar-refractivity contribution in [2.45, 2.75) is 39.2 Å². The Morgan fingerprint density at radius 1 is 0.974 bits per heavy atom. The summed E-state index contributed by atoms with van der Waals surface area (Å²) in [6, 6.07) is 14.1. The summed E-state index contributed by atoms with van der Waals surface area (Å²) in [5, 5.41) is 15.1. The number of aliphatic hydroxyl groups is 1. The summed E-state index contributed by atoms with van der Waals surface area (Å²) in [5.41, 5.74) is 2.74. The maximum atomic E-state index is 13.4. The van der Waals surface area contributed by atoms with Crippen LogP contribution in [0.4, 0.5) is 8.78 Å². The van der Waals surface area contributed by atoms with E-state index in [4.69, 9.17) is 9.84 Å². The molecule has 0 bridgehead atoms. The topological polar surface area (TPSA) is 70.8 Å². The molecule has 210 valence electrons. The summed E-state index contributed by atoms with van der Waals surface area (Å²) < 4.78 is 33.8. The lowest BCUT2D eigenvalue weighted by Crippen LogP contribution is -2.50. The van der Waals surface area contributed by atoms with Gasteiger partial charge in [0.05, 0.1) is 17.9 Å². The summed E-state index contributed by atoms with van der Waals surface area (Å²) >= 11 is 0. The highest BCUT2D eigenvalue weighted by Crippen LogP contribution is 2.18. The molecule has 0 radical (unpaired) electrons. The first-order chi connectivity index (χ1) is 18.7. The van der Waals surface area contributed by atoms with Crippen LogP contribution in [0.2, 0.25) is 0 Å². The molecule has 1 atom stereocenters. The molecule has 0 saturated carbocycles. The maximum absolute atomic E-state index is 13.4. The third-order valence-electron chi connectivity index (χ3n) is 6.77. The Morgan fingerprint density at radius 2 is 1.59 bits per heavy atom. The summed E-state index contributed by atoms with van der Waals surface area (Å²) in [7, 11) is 0. The van der Waals surface area contributed by atoms with E-state index in [2.05, 4.69) is 29.7 Å². The SMILES string of the molecule is CC(C)Cc1cc(CCC(=O)CN2CCN(CC(O)COc3ccc(F)cc3)CC2)nn1-c1ccc(F)cc1. The van der Waals surface area contributed by atoms with Crippen molar-refractivity contribution in [2.24, 2.45) is 5.92 Å². The van der Waals surface area contributed by atoms with Gasteiger partial charge in [-0.25, -0.2) is 13.5 Å². The highest BCUT2D eigenvalue weighted by molar-refractivity contribution is 5.80. The van der Waals surface area contributed by atoms with Crippen LogP contribution >= 0.6 is 0 Å². The maximum Gasteiger partial charge on any atom is 0.147 e. The van der Waals surface area contributed by atoms with Gasteiger partial charge < -0.3 is 9.84 Å². The van der Waals surface area contributed by atoms with E-state index in [1.165, 1.54) is 24.3 Å². The molecular formula is C30H38F2N4O3. The Hall–Kier alpha value is -3.14. The Labute approximate surface area is 229 Å². The van der Waals surface area contributed by atoms with Gasteiger partial charge >= 0.3 is 0 Å². The fourth-order valence-electron chi connectivity index (χ4n) is 4.77. The lowest BCUT2D eigenvalue weighted by molar-refractivity contribution is -0.120. The second kappa shape index (κ2) is 13.8. The van der Waals surface area contributed by atoms with E-state index in [0.29, 0.717) is 37.6 Å². The highest BCUT2D eigenvalue weighted by Gasteiger charge is 2.21. The van der Waals surface area contributed by atoms with Crippen LogP contribution in [0, 0.1) is 17.6 Å². The molecule has 1 saturated heterocycles. The van der Waals surface area contributed by atoms with Crippen molar-refractivity contribution in [1.82, 2.24) is 19.6 Å². The molecule has 9 heteroatoms. The Bertz CT molecular complexity index is 1190. The van der Waals surface area contributed by atoms with E-state index < -0.39 is 6.10 Å². The number of piperazine rings is 1. The average molecular weight is 541 g/mol. The molecule has 0 amide bonds. The molecule has 4 rings (SSSR count). The van der Waals surface area contributed by atoms with Gasteiger partial charge in [-0.05, 0) is 73.4 Å². The van der Waals surface area contributed by atoms with Crippen LogP contribution in [0.1, 0.15) is 31.7 Å². The van der Waals surface area contributed by atoms with Crippen LogP contribution in [0.25, 0.3) is 5.69 Å². The first-order valence-electron chi connectivity index (χ1n) is 13.6. The van der Waals surface area contributed by atoms with Crippen LogP contribution in [0.15, 0.2) is 54.6 Å². The first kappa shape index (κ1) is 28.9. The molecule has 1 fully saturated rings. The van der Waals surface area contributed by atoms with E-state index >= 15 is 0 Å². The molecule has 1 unspecified atom stereocenters. The number of hydrogen-bond acceptors (Lipinski definition) is 6. The Balaban J connectivity index is 1.19. The van der Waals surface area contributed by atoms with Crippen molar-refractivity contribution < 1.29 is 23.4 Å². The number of aromatic nitrogens is 2. The number of carbonyl (C=O) groups is 1. The second-order valence-electron chi connectivity index (χ2n) is 10.6. The molecule has 0 spiro atoms. The van der Waals surface area contributed by atoms with E-state index in [-0.39, 0.29) is 24.0 Å². The normalized spacial score (nSPS) is 15.5. The van der Waals surface area contributed by atoms with E-state index in [1.54, 1.807) is 24.3 Å². The Kier molecular flexibility index (Phi) is 10.2. The fourth-order valence-corrected chi connectivity index (χ4v) is 4.77. The minimum atomic E-state index is -0.654. The van der Waals surface area contributed by atoms with Crippen molar-refractivity contribution in [1.29, 1.82) is 0 Å². The molecule has 3 aromatic rings. The predicted molar refractivity (Wildman–Crippen MR) is 146 cm³/mol. The second-order valence-corrected chi connectivity index (χ2v) is 10.6. The van der Waals surface area contributed by atoms with Gasteiger partial charge in [0.2, 0.25) is 0 Å². The molecule has 39 heavy (non-hydrogen) atoms. The number of carbonyl (C=O) groups excluding carboxylic acids is 1. The third kappa shape index (κ3) is 8.95. The molecule has 1 N–H and O–H groups in total. The lowest BCUT2D eigenvalue weighted by atomic mass is 10.1. The van der Waals surface area contributed by atoms with Crippen molar-refractivity contribution >= 4 is 5.78 Å². The van der Waals surface area contributed by atoms with Crippen molar-refractivity contribution in [2.75, 3.05) is 45.9 Å². The minimum absolute atomic E-state index is 0.139. The number of aryl methyl sites for hydroxylation is 1. The van der Waals surface area contributed by atoms with Crippen LogP contribution < -0.4 is 4.74 Å². The van der Waals surface area contributed by atoms with Gasteiger partial charge in [0.15, 0.2) is 0 Å². The summed E-state index contributed by atoms with van der Waals surface area (Å²) in [6.45, 7) is 8.37. The summed E-state index contributed by atoms with van der Waals surface area (Å²) in [5.74, 6) is 0.537. The molecule has 1 aromatic heterocycles. The number of rotatable bonds is 13. The van der Waals surface area contributed by atoms with Gasteiger partial charge in [-0.1, -0.05) is 13.8 Å². The van der Waals surface area contributed by atoms with Gasteiger partial charge in [-0.2, -0.15) is 5.10 Å². The number of hydrogen-bond donors (Lipinski definition) is 1. The molecular weight excluding hydrogens is 502 g/mol. The van der Waals surface area contributed by atoms with Crippen molar-refractivity contribution in [3.63, 3.8) is 0 Å². The average Bonchev–Trinajstić information content (AvgIpc) is 3.30. The van der Waals surface area contributed by atoms with E-state index in [0.717, 1.165) is 49.7 Å². The van der Waals surface area contributed by atoms with Gasteiger partial charge in [-0.3, -0.25) is 14.6 Å². The Morgan fingerprint density at radius 3 is 2.23 bits per heavy atom. The standard InChI is InChI=1S/C30H38F2N4O3/c1-22(2)17-27-18-25(33-36(27)26-8-3-23(31)4-9-26)7-10-28(37)19-34-13-15-35(16-14-34)20-29(38)21-39-30-11-5-24(32)6-12-30/h3-6,8-9,11-12,18,22,29,38H,7,10,13-17,19-21H2,1-2H3. The van der Waals surface area contributed by atoms with Gasteiger partial charge in [-0.15, -0.1) is 0 Å². The highest BCUT2D eigenvalue weighted by atomic mass is 19.1. The number of ether oxygens (including phenoxy) is 1. The number of nitrogens with zero attached hydrogens (tertiary/aromatic N) is 4. The van der Waals surface area contributed by atoms with Crippen LogP contribution in [0.5, 0.6) is 5.75 Å². The molecule has 7 nitrogen and oxygen atoms in total. The zero-order valence-corrected chi connectivity index (χ0v) is 22.7. The first-order valence-corrected chi connectivity index (χ1v) is 13.6. The minimum Gasteiger partial charge on any atom is -0.491 e. The number of aliphatic hydroxyl groups excluding tert-OH is 1. The monoisotopic (exact) mass is 540 g/mol. The number of Topliss-reactive ketones (excluding diaryl/α,β-unsaturated/α-hetero) is 1. The fraction of sp³-hybridized carbons (Fsp3) is 0.467. The predicted octanol–water partition coefficient (Wildman–Crippen LogP) is 3.91. The quantitative estimate of drug-likeness (QED) is 0.355. The zero-order chi connectivity index (χ0) is 27.8. The van der Waals surface area contributed by atoms with Crippen molar-refractivity contribution in [3.8, 4) is 11.4 Å². The van der Waals surface area contributed by atoms with Gasteiger partial charge in [0.1, 0.15) is 35.9 Å². The smallest absolute Gasteiger partial charge is 0.147 e. The molecule has 0 aliphatic carbocycles. The molecule has 2 heterocycles. The lowest BCUT2D eigenvalue weighted by Gasteiger charge is -2.35. The number of β-amino-alcohol motifs (C(OH)–C–C–N with tert-alkyl or cyclic N) is 1. The van der Waals surface area contributed by atoms with Gasteiger partial charge in [0.25, 0.3) is 0 Å². The molecule has 2 aromatic carbocycles. The summed E-state index contributed by atoms with van der Waals surface area (Å²) in [4.78, 5) is 17.1. The summed E-state index contributed by atoms with van der Waals surface area (Å²) in [6.07, 6.45) is 1.17. The van der Waals surface area contributed by atoms with E-state index in [1.807, 2.05) is 4.68 Å².